The number of rotatable bonds is 6. The van der Waals surface area contributed by atoms with Crippen molar-refractivity contribution in [2.45, 2.75) is 6.10 Å². The maximum absolute atomic E-state index is 12.1. The summed E-state index contributed by atoms with van der Waals surface area (Å²) in [6.45, 7) is 0.698. The predicted molar refractivity (Wildman–Crippen MR) is 88.3 cm³/mol. The third kappa shape index (κ3) is 4.20. The van der Waals surface area contributed by atoms with Crippen molar-refractivity contribution in [3.05, 3.63) is 54.1 Å². The lowest BCUT2D eigenvalue weighted by Crippen LogP contribution is -2.45. The van der Waals surface area contributed by atoms with Crippen LogP contribution in [0.15, 0.2) is 48.5 Å². The molecule has 1 aliphatic rings. The number of carboxylic acids is 1. The smallest absolute Gasteiger partial charge is 0.335 e. The Bertz CT molecular complexity index is 758. The normalized spacial score (nSPS) is 15.3. The SMILES string of the molecule is O=C(O)c1ccc(OCCNC(=O)C2COc3ccccc3O2)cc1. The van der Waals surface area contributed by atoms with Gasteiger partial charge in [-0.25, -0.2) is 4.79 Å². The van der Waals surface area contributed by atoms with Crippen molar-refractivity contribution < 1.29 is 28.9 Å². The van der Waals surface area contributed by atoms with Gasteiger partial charge in [-0.15, -0.1) is 0 Å². The van der Waals surface area contributed by atoms with Gasteiger partial charge in [-0.3, -0.25) is 4.79 Å². The van der Waals surface area contributed by atoms with E-state index >= 15 is 0 Å². The molecule has 0 spiro atoms. The van der Waals surface area contributed by atoms with E-state index in [1.807, 2.05) is 12.1 Å². The van der Waals surface area contributed by atoms with Gasteiger partial charge in [-0.05, 0) is 36.4 Å². The summed E-state index contributed by atoms with van der Waals surface area (Å²) >= 11 is 0. The number of fused-ring (bicyclic) bond motifs is 1. The van der Waals surface area contributed by atoms with E-state index < -0.39 is 12.1 Å². The molecular formula is C18H17NO6. The molecule has 1 unspecified atom stereocenters. The first-order valence-corrected chi connectivity index (χ1v) is 7.76. The summed E-state index contributed by atoms with van der Waals surface area (Å²) < 4.78 is 16.6. The van der Waals surface area contributed by atoms with E-state index in [1.54, 1.807) is 24.3 Å². The quantitative estimate of drug-likeness (QED) is 0.776. The number of benzene rings is 2. The molecule has 25 heavy (non-hydrogen) atoms. The molecule has 1 heterocycles. The molecule has 1 aliphatic heterocycles. The Morgan fingerprint density at radius 3 is 2.56 bits per heavy atom. The van der Waals surface area contributed by atoms with Gasteiger partial charge in [-0.2, -0.15) is 0 Å². The molecule has 0 saturated heterocycles. The summed E-state index contributed by atoms with van der Waals surface area (Å²) in [6.07, 6.45) is -0.704. The molecule has 0 aliphatic carbocycles. The summed E-state index contributed by atoms with van der Waals surface area (Å²) in [5, 5.41) is 11.5. The molecule has 7 heteroatoms. The number of aromatic carboxylic acids is 1. The van der Waals surface area contributed by atoms with Gasteiger partial charge in [0.05, 0.1) is 12.1 Å². The van der Waals surface area contributed by atoms with Gasteiger partial charge in [0, 0.05) is 0 Å². The molecule has 0 bridgehead atoms. The van der Waals surface area contributed by atoms with Crippen LogP contribution in [0.4, 0.5) is 0 Å². The molecule has 0 fully saturated rings. The first-order chi connectivity index (χ1) is 12.1. The monoisotopic (exact) mass is 343 g/mol. The van der Waals surface area contributed by atoms with Crippen LogP contribution in [0.3, 0.4) is 0 Å². The molecule has 2 aromatic carbocycles. The van der Waals surface area contributed by atoms with Gasteiger partial charge in [0.2, 0.25) is 6.10 Å². The number of carboxylic acid groups (broad SMARTS) is 1. The lowest BCUT2D eigenvalue weighted by molar-refractivity contribution is -0.130. The van der Waals surface area contributed by atoms with Crippen LogP contribution in [-0.4, -0.2) is 42.8 Å². The number of para-hydroxylation sites is 2. The van der Waals surface area contributed by atoms with Crippen LogP contribution in [0.1, 0.15) is 10.4 Å². The Kier molecular flexibility index (Phi) is 5.03. The molecule has 0 aromatic heterocycles. The van der Waals surface area contributed by atoms with Gasteiger partial charge in [0.25, 0.3) is 5.91 Å². The van der Waals surface area contributed by atoms with Crippen LogP contribution in [0.25, 0.3) is 0 Å². The maximum atomic E-state index is 12.1. The number of nitrogens with one attached hydrogen (secondary N) is 1. The molecule has 1 amide bonds. The highest BCUT2D eigenvalue weighted by Gasteiger charge is 2.26. The van der Waals surface area contributed by atoms with Crippen molar-refractivity contribution in [3.63, 3.8) is 0 Å². The molecule has 3 rings (SSSR count). The van der Waals surface area contributed by atoms with Crippen LogP contribution in [0.2, 0.25) is 0 Å². The summed E-state index contributed by atoms with van der Waals surface area (Å²) in [5.41, 5.74) is 0.190. The van der Waals surface area contributed by atoms with Gasteiger partial charge in [0.1, 0.15) is 19.0 Å². The van der Waals surface area contributed by atoms with Crippen molar-refractivity contribution in [2.75, 3.05) is 19.8 Å². The fourth-order valence-corrected chi connectivity index (χ4v) is 2.30. The highest BCUT2D eigenvalue weighted by atomic mass is 16.6. The number of amides is 1. The van der Waals surface area contributed by atoms with E-state index in [1.165, 1.54) is 12.1 Å². The Hall–Kier alpha value is -3.22. The second-order valence-electron chi connectivity index (χ2n) is 5.33. The van der Waals surface area contributed by atoms with E-state index in [-0.39, 0.29) is 24.7 Å². The Balaban J connectivity index is 1.42. The Morgan fingerprint density at radius 2 is 1.84 bits per heavy atom. The van der Waals surface area contributed by atoms with Gasteiger partial charge < -0.3 is 24.6 Å². The van der Waals surface area contributed by atoms with E-state index in [2.05, 4.69) is 5.32 Å². The van der Waals surface area contributed by atoms with Crippen molar-refractivity contribution >= 4 is 11.9 Å². The van der Waals surface area contributed by atoms with Crippen LogP contribution >= 0.6 is 0 Å². The highest BCUT2D eigenvalue weighted by Crippen LogP contribution is 2.30. The number of carbonyl (C=O) groups excluding carboxylic acids is 1. The minimum Gasteiger partial charge on any atom is -0.492 e. The largest absolute Gasteiger partial charge is 0.492 e. The van der Waals surface area contributed by atoms with Crippen molar-refractivity contribution in [1.29, 1.82) is 0 Å². The zero-order chi connectivity index (χ0) is 17.6. The molecule has 7 nitrogen and oxygen atoms in total. The van der Waals surface area contributed by atoms with Crippen LogP contribution < -0.4 is 19.5 Å². The predicted octanol–water partition coefficient (Wildman–Crippen LogP) is 1.72. The van der Waals surface area contributed by atoms with Crippen molar-refractivity contribution in [2.24, 2.45) is 0 Å². The molecule has 1 atom stereocenters. The van der Waals surface area contributed by atoms with Crippen LogP contribution in [-0.2, 0) is 4.79 Å². The van der Waals surface area contributed by atoms with Crippen molar-refractivity contribution in [3.8, 4) is 17.2 Å². The lowest BCUT2D eigenvalue weighted by Gasteiger charge is -2.25. The number of carbonyl (C=O) groups is 2. The molecule has 0 radical (unpaired) electrons. The first-order valence-electron chi connectivity index (χ1n) is 7.76. The number of hydrogen-bond donors (Lipinski definition) is 2. The van der Waals surface area contributed by atoms with Gasteiger partial charge >= 0.3 is 5.97 Å². The average molecular weight is 343 g/mol. The summed E-state index contributed by atoms with van der Waals surface area (Å²) in [7, 11) is 0. The minimum atomic E-state index is -0.991. The molecule has 0 saturated carbocycles. The Labute approximate surface area is 144 Å². The summed E-state index contributed by atoms with van der Waals surface area (Å²) in [6, 6.07) is 13.2. The topological polar surface area (TPSA) is 94.1 Å². The Morgan fingerprint density at radius 1 is 1.12 bits per heavy atom. The second-order valence-corrected chi connectivity index (χ2v) is 5.33. The molecule has 2 aromatic rings. The fourth-order valence-electron chi connectivity index (χ4n) is 2.30. The fraction of sp³-hybridized carbons (Fsp3) is 0.222. The minimum absolute atomic E-state index is 0.153. The van der Waals surface area contributed by atoms with Crippen LogP contribution in [0.5, 0.6) is 17.2 Å². The zero-order valence-corrected chi connectivity index (χ0v) is 13.3. The third-order valence-corrected chi connectivity index (χ3v) is 3.57. The first kappa shape index (κ1) is 16.6. The van der Waals surface area contributed by atoms with E-state index in [0.29, 0.717) is 23.8 Å². The summed E-state index contributed by atoms with van der Waals surface area (Å²) in [4.78, 5) is 22.9. The van der Waals surface area contributed by atoms with E-state index in [4.69, 9.17) is 19.3 Å². The second kappa shape index (κ2) is 7.57. The molecule has 2 N–H and O–H groups in total. The highest BCUT2D eigenvalue weighted by molar-refractivity contribution is 5.87. The van der Waals surface area contributed by atoms with E-state index in [0.717, 1.165) is 0 Å². The number of ether oxygens (including phenoxy) is 3. The standard InChI is InChI=1S/C18H17NO6/c20-17(16-11-24-14-3-1-2-4-15(14)25-16)19-9-10-23-13-7-5-12(6-8-13)18(21)22/h1-8,16H,9-11H2,(H,19,20)(H,21,22). The summed E-state index contributed by atoms with van der Waals surface area (Å²) in [5.74, 6) is 0.434. The molecule has 130 valence electrons. The van der Waals surface area contributed by atoms with Crippen molar-refractivity contribution in [1.82, 2.24) is 5.32 Å². The van der Waals surface area contributed by atoms with Gasteiger partial charge in [0.15, 0.2) is 11.5 Å². The lowest BCUT2D eigenvalue weighted by atomic mass is 10.2. The third-order valence-electron chi connectivity index (χ3n) is 3.57. The van der Waals surface area contributed by atoms with Crippen LogP contribution in [0, 0.1) is 0 Å². The maximum Gasteiger partial charge on any atom is 0.335 e. The average Bonchev–Trinajstić information content (AvgIpc) is 2.65. The zero-order valence-electron chi connectivity index (χ0n) is 13.3. The van der Waals surface area contributed by atoms with Gasteiger partial charge in [-0.1, -0.05) is 12.1 Å². The van der Waals surface area contributed by atoms with E-state index in [9.17, 15) is 9.59 Å². The number of hydrogen-bond acceptors (Lipinski definition) is 5. The molecular weight excluding hydrogens is 326 g/mol.